The van der Waals surface area contributed by atoms with Crippen molar-refractivity contribution in [3.8, 4) is 11.8 Å². The number of aliphatic hydroxyl groups excluding tert-OH is 1. The van der Waals surface area contributed by atoms with Gasteiger partial charge in [-0.25, -0.2) is 9.78 Å². The quantitative estimate of drug-likeness (QED) is 0.0534. The highest BCUT2D eigenvalue weighted by Crippen LogP contribution is 2.18. The molecule has 0 radical (unpaired) electrons. The monoisotopic (exact) mass is 660 g/mol. The molecule has 3 atom stereocenters. The minimum absolute atomic E-state index is 0.101. The third-order valence-corrected chi connectivity index (χ3v) is 7.53. The molecule has 3 aromatic rings. The summed E-state index contributed by atoms with van der Waals surface area (Å²) in [5, 5.41) is 32.2. The van der Waals surface area contributed by atoms with Gasteiger partial charge in [0.05, 0.1) is 17.2 Å². The highest BCUT2D eigenvalue weighted by Gasteiger charge is 2.27. The van der Waals surface area contributed by atoms with Gasteiger partial charge in [-0.1, -0.05) is 42.0 Å². The molecular weight excluding hydrogens is 620 g/mol. The van der Waals surface area contributed by atoms with Crippen molar-refractivity contribution in [1.82, 2.24) is 26.3 Å². The molecule has 0 bridgehead atoms. The van der Waals surface area contributed by atoms with Crippen molar-refractivity contribution >= 4 is 41.5 Å². The van der Waals surface area contributed by atoms with Crippen LogP contribution in [0.1, 0.15) is 52.1 Å². The summed E-state index contributed by atoms with van der Waals surface area (Å²) in [6.45, 7) is 9.54. The van der Waals surface area contributed by atoms with Crippen LogP contribution in [-0.2, 0) is 20.9 Å². The second-order valence-electron chi connectivity index (χ2n) is 11.9. The fourth-order valence-corrected chi connectivity index (χ4v) is 4.89. The summed E-state index contributed by atoms with van der Waals surface area (Å²) in [6, 6.07) is 14.1. The third kappa shape index (κ3) is 12.2. The lowest BCUT2D eigenvalue weighted by atomic mass is 10.1. The van der Waals surface area contributed by atoms with E-state index in [0.29, 0.717) is 28.3 Å². The zero-order valence-electron chi connectivity index (χ0n) is 27.0. The number of nitrogens with one attached hydrogen (secondary N) is 4. The number of hydrogen-bond donors (Lipinski definition) is 5. The number of carbonyl (C=O) groups excluding carboxylic acids is 4. The van der Waals surface area contributed by atoms with Crippen molar-refractivity contribution in [1.29, 1.82) is 5.26 Å². The number of benzene rings is 2. The Balaban J connectivity index is 1.77. The van der Waals surface area contributed by atoms with Crippen LogP contribution in [0, 0.1) is 25.2 Å². The van der Waals surface area contributed by atoms with Crippen molar-refractivity contribution < 1.29 is 29.0 Å². The molecule has 0 aliphatic rings. The van der Waals surface area contributed by atoms with E-state index >= 15 is 0 Å². The van der Waals surface area contributed by atoms with Crippen LogP contribution in [0.5, 0.6) is 5.75 Å². The summed E-state index contributed by atoms with van der Waals surface area (Å²) in [5.41, 5.74) is 1.92. The van der Waals surface area contributed by atoms with Gasteiger partial charge in [-0.05, 0) is 64.0 Å². The SMILES string of the molecule is Cc1ccc(CNC[C@H](NC[C@H](NC(=O)c2cnc(C)s2)[C@@H](O)C=O)C(=O)Oc2cccc(C=C(C#N)C(=O)NC(C)(C)C)c2)cc1. The van der Waals surface area contributed by atoms with Gasteiger partial charge in [0.1, 0.15) is 34.4 Å². The summed E-state index contributed by atoms with van der Waals surface area (Å²) < 4.78 is 5.68. The van der Waals surface area contributed by atoms with Gasteiger partial charge in [0.15, 0.2) is 6.29 Å². The normalized spacial score (nSPS) is 13.5. The molecule has 0 fully saturated rings. The molecule has 0 spiro atoms. The Labute approximate surface area is 278 Å². The lowest BCUT2D eigenvalue weighted by Crippen LogP contribution is -2.55. The first-order valence-electron chi connectivity index (χ1n) is 14.9. The second kappa shape index (κ2) is 17.3. The summed E-state index contributed by atoms with van der Waals surface area (Å²) in [4.78, 5) is 54.6. The van der Waals surface area contributed by atoms with E-state index in [4.69, 9.17) is 4.74 Å². The fraction of sp³-hybridized carbons (Fsp3) is 0.353. The van der Waals surface area contributed by atoms with Crippen molar-refractivity contribution in [2.45, 2.75) is 64.9 Å². The molecule has 2 aromatic carbocycles. The number of ether oxygens (including phenoxy) is 1. The minimum atomic E-state index is -1.55. The lowest BCUT2D eigenvalue weighted by Gasteiger charge is -2.24. The smallest absolute Gasteiger partial charge is 0.329 e. The number of nitriles is 1. The van der Waals surface area contributed by atoms with Gasteiger partial charge in [-0.15, -0.1) is 11.3 Å². The summed E-state index contributed by atoms with van der Waals surface area (Å²) in [6.07, 6.45) is 1.56. The van der Waals surface area contributed by atoms with E-state index in [1.165, 1.54) is 29.7 Å². The van der Waals surface area contributed by atoms with Crippen molar-refractivity contribution in [2.24, 2.45) is 0 Å². The molecule has 1 heterocycles. The van der Waals surface area contributed by atoms with E-state index in [-0.39, 0.29) is 24.4 Å². The first kappa shape index (κ1) is 36.7. The molecule has 0 saturated heterocycles. The van der Waals surface area contributed by atoms with E-state index in [9.17, 15) is 29.5 Å². The van der Waals surface area contributed by atoms with E-state index in [1.807, 2.05) is 37.3 Å². The van der Waals surface area contributed by atoms with Gasteiger partial charge in [0.2, 0.25) is 0 Å². The van der Waals surface area contributed by atoms with Gasteiger partial charge < -0.3 is 35.9 Å². The van der Waals surface area contributed by atoms with E-state index < -0.39 is 41.5 Å². The number of thiazole rings is 1. The fourth-order valence-electron chi connectivity index (χ4n) is 4.21. The molecule has 2 amide bonds. The largest absolute Gasteiger partial charge is 0.425 e. The maximum Gasteiger partial charge on any atom is 0.329 e. The Morgan fingerprint density at radius 2 is 1.83 bits per heavy atom. The molecule has 47 heavy (non-hydrogen) atoms. The van der Waals surface area contributed by atoms with Crippen LogP contribution in [0.15, 0.2) is 60.3 Å². The number of aldehydes is 1. The predicted molar refractivity (Wildman–Crippen MR) is 178 cm³/mol. The van der Waals surface area contributed by atoms with E-state index in [0.717, 1.165) is 11.1 Å². The van der Waals surface area contributed by atoms with Gasteiger partial charge in [0, 0.05) is 25.2 Å². The first-order chi connectivity index (χ1) is 22.3. The number of aryl methyl sites for hydroxylation is 2. The number of rotatable bonds is 15. The maximum absolute atomic E-state index is 13.5. The van der Waals surface area contributed by atoms with Crippen LogP contribution in [0.2, 0.25) is 0 Å². The molecule has 13 heteroatoms. The Morgan fingerprint density at radius 3 is 2.45 bits per heavy atom. The summed E-state index contributed by atoms with van der Waals surface area (Å²) >= 11 is 1.17. The number of aromatic nitrogens is 1. The van der Waals surface area contributed by atoms with Crippen molar-refractivity contribution in [3.05, 3.63) is 86.9 Å². The Kier molecular flexibility index (Phi) is 13.5. The van der Waals surface area contributed by atoms with Crippen LogP contribution in [0.3, 0.4) is 0 Å². The topological polar surface area (TPSA) is 183 Å². The number of aliphatic hydroxyl groups is 1. The third-order valence-electron chi connectivity index (χ3n) is 6.62. The molecule has 5 N–H and O–H groups in total. The van der Waals surface area contributed by atoms with Crippen molar-refractivity contribution in [2.75, 3.05) is 13.1 Å². The zero-order chi connectivity index (χ0) is 34.6. The average Bonchev–Trinajstić information content (AvgIpc) is 3.46. The van der Waals surface area contributed by atoms with Gasteiger partial charge >= 0.3 is 5.97 Å². The predicted octanol–water partition coefficient (Wildman–Crippen LogP) is 2.59. The standard InChI is InChI=1S/C34H40N6O6S/c1-21-9-11-23(12-10-21)16-36-17-28(38-18-27(29(42)20-41)39-32(44)30-19-37-22(2)47-30)33(45)46-26-8-6-7-24(14-26)13-25(15-35)31(43)40-34(3,4)5/h6-14,19-20,27-29,36,38,42H,16-18H2,1-5H3,(H,39,44)(H,40,43)/t27-,28-,29-/m0/s1. The highest BCUT2D eigenvalue weighted by molar-refractivity contribution is 7.13. The van der Waals surface area contributed by atoms with Crippen molar-refractivity contribution in [3.63, 3.8) is 0 Å². The zero-order valence-corrected chi connectivity index (χ0v) is 27.8. The molecular formula is C34H40N6O6S. The number of amides is 2. The number of esters is 1. The minimum Gasteiger partial charge on any atom is -0.425 e. The molecule has 3 rings (SSSR count). The maximum atomic E-state index is 13.5. The number of hydrogen-bond acceptors (Lipinski definition) is 11. The molecule has 0 aliphatic heterocycles. The second-order valence-corrected chi connectivity index (χ2v) is 13.1. The Morgan fingerprint density at radius 1 is 1.11 bits per heavy atom. The molecule has 0 saturated carbocycles. The Hall–Kier alpha value is -4.74. The Bertz CT molecular complexity index is 1620. The van der Waals surface area contributed by atoms with Gasteiger partial charge in [-0.2, -0.15) is 5.26 Å². The molecule has 0 unspecified atom stereocenters. The lowest BCUT2D eigenvalue weighted by molar-refractivity contribution is -0.136. The number of nitrogens with zero attached hydrogens (tertiary/aromatic N) is 2. The average molecular weight is 661 g/mol. The van der Waals surface area contributed by atoms with Crippen LogP contribution < -0.4 is 26.0 Å². The van der Waals surface area contributed by atoms with E-state index in [2.05, 4.69) is 26.3 Å². The highest BCUT2D eigenvalue weighted by atomic mass is 32.1. The van der Waals surface area contributed by atoms with Crippen LogP contribution in [-0.4, -0.2) is 71.0 Å². The molecule has 0 aliphatic carbocycles. The van der Waals surface area contributed by atoms with Crippen LogP contribution in [0.25, 0.3) is 6.08 Å². The molecule has 1 aromatic heterocycles. The number of carbonyl (C=O) groups is 4. The van der Waals surface area contributed by atoms with E-state index in [1.54, 1.807) is 45.9 Å². The molecule has 248 valence electrons. The van der Waals surface area contributed by atoms with Gasteiger partial charge in [0.25, 0.3) is 11.8 Å². The van der Waals surface area contributed by atoms with Gasteiger partial charge in [-0.3, -0.25) is 9.59 Å². The summed E-state index contributed by atoms with van der Waals surface area (Å²) in [7, 11) is 0. The van der Waals surface area contributed by atoms with Crippen LogP contribution in [0.4, 0.5) is 0 Å². The first-order valence-corrected chi connectivity index (χ1v) is 15.7. The van der Waals surface area contributed by atoms with Crippen LogP contribution >= 0.6 is 11.3 Å². The molecule has 12 nitrogen and oxygen atoms in total. The summed E-state index contributed by atoms with van der Waals surface area (Å²) in [5.74, 6) is -1.56.